The first kappa shape index (κ1) is 17.1. The Labute approximate surface area is 123 Å². The van der Waals surface area contributed by atoms with E-state index in [-0.39, 0.29) is 6.04 Å². The topological polar surface area (TPSA) is 63.4 Å². The fraction of sp³-hybridized carbons (Fsp3) is 0.600. The number of sulfonamides is 1. The van der Waals surface area contributed by atoms with Crippen LogP contribution in [-0.4, -0.2) is 32.4 Å². The molecule has 0 heterocycles. The van der Waals surface area contributed by atoms with Crippen molar-refractivity contribution < 1.29 is 8.42 Å². The largest absolute Gasteiger partial charge is 0.329 e. The number of nitrogens with zero attached hydrogens (tertiary/aromatic N) is 1. The molecule has 20 heavy (non-hydrogen) atoms. The second kappa shape index (κ2) is 5.84. The lowest BCUT2D eigenvalue weighted by molar-refractivity contribution is 0.394. The van der Waals surface area contributed by atoms with Gasteiger partial charge in [-0.2, -0.15) is 4.31 Å². The second-order valence-corrected chi connectivity index (χ2v) is 7.49. The molecule has 5 heteroatoms. The van der Waals surface area contributed by atoms with Gasteiger partial charge in [0.25, 0.3) is 0 Å². The Balaban J connectivity index is 3.63. The Hall–Kier alpha value is -0.910. The zero-order valence-corrected chi connectivity index (χ0v) is 14.4. The summed E-state index contributed by atoms with van der Waals surface area (Å²) in [6.07, 6.45) is 0. The van der Waals surface area contributed by atoms with E-state index in [4.69, 9.17) is 5.73 Å². The Kier molecular flexibility index (Phi) is 5.00. The first-order valence-electron chi connectivity index (χ1n) is 6.82. The average Bonchev–Trinajstić information content (AvgIpc) is 2.41. The highest BCUT2D eigenvalue weighted by molar-refractivity contribution is 7.89. The number of hydrogen-bond donors (Lipinski definition) is 1. The van der Waals surface area contributed by atoms with E-state index < -0.39 is 10.0 Å². The average molecular weight is 298 g/mol. The van der Waals surface area contributed by atoms with Gasteiger partial charge in [-0.15, -0.1) is 0 Å². The monoisotopic (exact) mass is 298 g/mol. The van der Waals surface area contributed by atoms with Crippen molar-refractivity contribution in [2.24, 2.45) is 5.73 Å². The molecule has 0 saturated carbocycles. The van der Waals surface area contributed by atoms with Crippen molar-refractivity contribution in [3.63, 3.8) is 0 Å². The molecule has 1 unspecified atom stereocenters. The molecule has 0 aliphatic heterocycles. The fourth-order valence-electron chi connectivity index (χ4n) is 2.38. The number of hydrogen-bond acceptors (Lipinski definition) is 3. The normalized spacial score (nSPS) is 13.8. The Bertz CT molecular complexity index is 592. The SMILES string of the molecule is Cc1c(C)c(C)c(S(=O)(=O)N(C)C(C)CN)c(C)c1C. The summed E-state index contributed by atoms with van der Waals surface area (Å²) in [7, 11) is -1.93. The van der Waals surface area contributed by atoms with Crippen LogP contribution in [0, 0.1) is 34.6 Å². The summed E-state index contributed by atoms with van der Waals surface area (Å²) >= 11 is 0. The van der Waals surface area contributed by atoms with Crippen LogP contribution in [-0.2, 0) is 10.0 Å². The number of rotatable bonds is 4. The highest BCUT2D eigenvalue weighted by Gasteiger charge is 2.29. The molecule has 0 amide bonds. The van der Waals surface area contributed by atoms with E-state index in [1.807, 2.05) is 41.5 Å². The fourth-order valence-corrected chi connectivity index (χ4v) is 4.31. The molecule has 1 aromatic carbocycles. The molecule has 0 radical (unpaired) electrons. The summed E-state index contributed by atoms with van der Waals surface area (Å²) in [5, 5.41) is 0. The minimum atomic E-state index is -3.52. The van der Waals surface area contributed by atoms with Crippen molar-refractivity contribution in [2.75, 3.05) is 13.6 Å². The predicted octanol–water partition coefficient (Wildman–Crippen LogP) is 2.20. The number of benzene rings is 1. The van der Waals surface area contributed by atoms with Crippen LogP contribution in [0.3, 0.4) is 0 Å². The highest BCUT2D eigenvalue weighted by atomic mass is 32.2. The molecule has 1 aromatic rings. The molecule has 114 valence electrons. The molecular weight excluding hydrogens is 272 g/mol. The second-order valence-electron chi connectivity index (χ2n) is 5.56. The zero-order chi connectivity index (χ0) is 15.8. The minimum Gasteiger partial charge on any atom is -0.329 e. The van der Waals surface area contributed by atoms with Crippen LogP contribution in [0.15, 0.2) is 4.90 Å². The predicted molar refractivity (Wildman–Crippen MR) is 83.6 cm³/mol. The van der Waals surface area contributed by atoms with Crippen molar-refractivity contribution in [1.29, 1.82) is 0 Å². The van der Waals surface area contributed by atoms with E-state index in [9.17, 15) is 8.42 Å². The van der Waals surface area contributed by atoms with E-state index in [0.29, 0.717) is 11.4 Å². The van der Waals surface area contributed by atoms with Crippen molar-refractivity contribution in [1.82, 2.24) is 4.31 Å². The maximum Gasteiger partial charge on any atom is 0.243 e. The van der Waals surface area contributed by atoms with Gasteiger partial charge in [-0.3, -0.25) is 0 Å². The van der Waals surface area contributed by atoms with Gasteiger partial charge in [0, 0.05) is 19.6 Å². The van der Waals surface area contributed by atoms with Crippen LogP contribution in [0.2, 0.25) is 0 Å². The molecule has 1 atom stereocenters. The van der Waals surface area contributed by atoms with E-state index in [0.717, 1.165) is 27.8 Å². The lowest BCUT2D eigenvalue weighted by Gasteiger charge is -2.26. The molecular formula is C15H26N2O2S. The molecule has 0 bridgehead atoms. The van der Waals surface area contributed by atoms with Gasteiger partial charge >= 0.3 is 0 Å². The van der Waals surface area contributed by atoms with Crippen LogP contribution in [0.4, 0.5) is 0 Å². The third kappa shape index (κ3) is 2.62. The van der Waals surface area contributed by atoms with Crippen molar-refractivity contribution in [3.8, 4) is 0 Å². The van der Waals surface area contributed by atoms with Crippen molar-refractivity contribution in [3.05, 3.63) is 27.8 Å². The van der Waals surface area contributed by atoms with E-state index >= 15 is 0 Å². The molecule has 0 saturated heterocycles. The van der Waals surface area contributed by atoms with Gasteiger partial charge in [0.15, 0.2) is 0 Å². The third-order valence-electron chi connectivity index (χ3n) is 4.53. The Morgan fingerprint density at radius 3 is 1.65 bits per heavy atom. The van der Waals surface area contributed by atoms with Gasteiger partial charge in [0.2, 0.25) is 10.0 Å². The maximum absolute atomic E-state index is 12.9. The van der Waals surface area contributed by atoms with Gasteiger partial charge in [0.05, 0.1) is 4.90 Å². The maximum atomic E-state index is 12.9. The first-order valence-corrected chi connectivity index (χ1v) is 8.26. The van der Waals surface area contributed by atoms with Crippen LogP contribution in [0.25, 0.3) is 0 Å². The van der Waals surface area contributed by atoms with Gasteiger partial charge in [-0.1, -0.05) is 0 Å². The Morgan fingerprint density at radius 2 is 1.30 bits per heavy atom. The molecule has 2 N–H and O–H groups in total. The first-order chi connectivity index (χ1) is 9.07. The summed E-state index contributed by atoms with van der Waals surface area (Å²) < 4.78 is 27.1. The van der Waals surface area contributed by atoms with E-state index in [1.165, 1.54) is 4.31 Å². The van der Waals surface area contributed by atoms with E-state index in [2.05, 4.69) is 0 Å². The van der Waals surface area contributed by atoms with E-state index in [1.54, 1.807) is 7.05 Å². The molecule has 0 spiro atoms. The number of likely N-dealkylation sites (N-methyl/N-ethyl adjacent to an activating group) is 1. The van der Waals surface area contributed by atoms with Crippen LogP contribution < -0.4 is 5.73 Å². The van der Waals surface area contributed by atoms with Gasteiger partial charge in [-0.25, -0.2) is 8.42 Å². The smallest absolute Gasteiger partial charge is 0.243 e. The molecule has 4 nitrogen and oxygen atoms in total. The molecule has 0 aliphatic rings. The minimum absolute atomic E-state index is 0.222. The third-order valence-corrected chi connectivity index (χ3v) is 6.78. The summed E-state index contributed by atoms with van der Waals surface area (Å²) in [6.45, 7) is 11.9. The lowest BCUT2D eigenvalue weighted by Crippen LogP contribution is -2.40. The molecule has 0 aliphatic carbocycles. The highest BCUT2D eigenvalue weighted by Crippen LogP contribution is 2.31. The zero-order valence-electron chi connectivity index (χ0n) is 13.5. The van der Waals surface area contributed by atoms with Gasteiger partial charge in [0.1, 0.15) is 0 Å². The van der Waals surface area contributed by atoms with Crippen LogP contribution >= 0.6 is 0 Å². The Morgan fingerprint density at radius 1 is 0.950 bits per heavy atom. The summed E-state index contributed by atoms with van der Waals surface area (Å²) in [5.74, 6) is 0. The molecule has 0 fully saturated rings. The summed E-state index contributed by atoms with van der Waals surface area (Å²) in [5.41, 5.74) is 10.5. The van der Waals surface area contributed by atoms with Crippen LogP contribution in [0.5, 0.6) is 0 Å². The van der Waals surface area contributed by atoms with Gasteiger partial charge in [-0.05, 0) is 69.4 Å². The quantitative estimate of drug-likeness (QED) is 0.927. The molecule has 1 rings (SSSR count). The van der Waals surface area contributed by atoms with Crippen molar-refractivity contribution >= 4 is 10.0 Å². The summed E-state index contributed by atoms with van der Waals surface area (Å²) in [4.78, 5) is 0.431. The lowest BCUT2D eigenvalue weighted by atomic mass is 9.95. The molecule has 0 aromatic heterocycles. The number of nitrogens with two attached hydrogens (primary N) is 1. The van der Waals surface area contributed by atoms with Crippen molar-refractivity contribution in [2.45, 2.75) is 52.5 Å². The standard InChI is InChI=1S/C15H26N2O2S/c1-9(8-16)17(7)20(18,19)15-13(5)11(3)10(2)12(4)14(15)6/h9H,8,16H2,1-7H3. The summed E-state index contributed by atoms with van der Waals surface area (Å²) in [6, 6.07) is -0.222. The van der Waals surface area contributed by atoms with Gasteiger partial charge < -0.3 is 5.73 Å². The van der Waals surface area contributed by atoms with Crippen LogP contribution in [0.1, 0.15) is 34.7 Å².